The molecule has 1 aromatic rings. The maximum Gasteiger partial charge on any atom is 0.0131 e. The lowest BCUT2D eigenvalue weighted by Crippen LogP contribution is -1.68. The van der Waals surface area contributed by atoms with Gasteiger partial charge in [0.15, 0.2) is 0 Å². The molecule has 0 aliphatic carbocycles. The van der Waals surface area contributed by atoms with Crippen LogP contribution in [-0.4, -0.2) is 0 Å². The lowest BCUT2D eigenvalue weighted by molar-refractivity contribution is 1.11. The fourth-order valence-electron chi connectivity index (χ4n) is 0.430. The van der Waals surface area contributed by atoms with E-state index in [9.17, 15) is 0 Å². The van der Waals surface area contributed by atoms with Gasteiger partial charge in [-0.15, -0.1) is 0 Å². The van der Waals surface area contributed by atoms with Crippen LogP contribution in [0.3, 0.4) is 0 Å². The molecule has 1 aromatic carbocycles. The summed E-state index contributed by atoms with van der Waals surface area (Å²) in [7, 11) is 0. The molecule has 0 atom stereocenters. The fourth-order valence-corrected chi connectivity index (χ4v) is 1.15. The average molecular weight is 410 g/mol. The lowest BCUT2D eigenvalue weighted by Gasteiger charge is -1.87. The summed E-state index contributed by atoms with van der Waals surface area (Å²) >= 11 is 4.59. The van der Waals surface area contributed by atoms with Crippen LogP contribution >= 0.6 is 45.2 Å². The van der Waals surface area contributed by atoms with Crippen molar-refractivity contribution in [3.63, 3.8) is 0 Å². The van der Waals surface area contributed by atoms with Crippen molar-refractivity contribution in [2.45, 2.75) is 0 Å². The van der Waals surface area contributed by atoms with Gasteiger partial charge in [0.05, 0.1) is 0 Å². The maximum absolute atomic E-state index is 2.29. The Morgan fingerprint density at radius 2 is 0.750 bits per heavy atom. The van der Waals surface area contributed by atoms with Gasteiger partial charge in [0.2, 0.25) is 0 Å². The Morgan fingerprint density at radius 1 is 0.583 bits per heavy atom. The van der Waals surface area contributed by atoms with E-state index in [0.717, 1.165) is 0 Å². The smallest absolute Gasteiger partial charge is 0.0131 e. The van der Waals surface area contributed by atoms with Gasteiger partial charge in [-0.05, 0) is 69.4 Å². The van der Waals surface area contributed by atoms with Crippen LogP contribution in [0.2, 0.25) is 0 Å². The predicted octanol–water partition coefficient (Wildman–Crippen LogP) is 3.51. The van der Waals surface area contributed by atoms with Crippen molar-refractivity contribution in [1.82, 2.24) is 0 Å². The zero-order valence-electron chi connectivity index (χ0n) is 5.70. The Hall–Kier alpha value is 0.400. The topological polar surface area (TPSA) is 0 Å². The van der Waals surface area contributed by atoms with Gasteiger partial charge in [-0.1, -0.05) is 0 Å². The van der Waals surface area contributed by atoms with Gasteiger partial charge in [0.1, 0.15) is 0 Å². The van der Waals surface area contributed by atoms with Crippen molar-refractivity contribution in [1.29, 1.82) is 0 Å². The molecular weight excluding hydrogens is 402 g/mol. The number of hydrogen-bond donors (Lipinski definition) is 0. The highest BCUT2D eigenvalue weighted by Gasteiger charge is 1.82. The SMILES string of the molecule is F.F.F.F.Ic1ccc(I)cc1. The van der Waals surface area contributed by atoms with Crippen molar-refractivity contribution in [2.75, 3.05) is 0 Å². The minimum Gasteiger partial charge on any atom is -0.269 e. The summed E-state index contributed by atoms with van der Waals surface area (Å²) in [6, 6.07) is 8.40. The molecule has 0 radical (unpaired) electrons. The van der Waals surface area contributed by atoms with Gasteiger partial charge in [-0.3, -0.25) is 18.8 Å². The summed E-state index contributed by atoms with van der Waals surface area (Å²) in [5.41, 5.74) is 0. The molecule has 12 heavy (non-hydrogen) atoms. The van der Waals surface area contributed by atoms with Crippen LogP contribution in [0.25, 0.3) is 0 Å². The third-order valence-electron chi connectivity index (χ3n) is 0.804. The monoisotopic (exact) mass is 410 g/mol. The minimum absolute atomic E-state index is 0. The van der Waals surface area contributed by atoms with Gasteiger partial charge in [0.25, 0.3) is 0 Å². The molecule has 0 aliphatic rings. The van der Waals surface area contributed by atoms with Crippen molar-refractivity contribution in [3.8, 4) is 0 Å². The normalized spacial score (nSPS) is 6.17. The molecule has 0 N–H and O–H groups in total. The molecule has 0 saturated carbocycles. The van der Waals surface area contributed by atoms with E-state index in [2.05, 4.69) is 69.4 Å². The molecule has 0 aliphatic heterocycles. The van der Waals surface area contributed by atoms with Gasteiger partial charge >= 0.3 is 0 Å². The Kier molecular flexibility index (Phi) is 21.7. The van der Waals surface area contributed by atoms with Gasteiger partial charge in [0, 0.05) is 7.14 Å². The van der Waals surface area contributed by atoms with Gasteiger partial charge in [-0.2, -0.15) is 0 Å². The summed E-state index contributed by atoms with van der Waals surface area (Å²) in [6.45, 7) is 0. The third kappa shape index (κ3) is 8.50. The highest BCUT2D eigenvalue weighted by Crippen LogP contribution is 2.07. The first-order valence-electron chi connectivity index (χ1n) is 2.20. The largest absolute Gasteiger partial charge is 0.269 e. The van der Waals surface area contributed by atoms with Gasteiger partial charge in [-0.25, -0.2) is 0 Å². The molecule has 0 nitrogen and oxygen atoms in total. The molecule has 0 heterocycles. The van der Waals surface area contributed by atoms with Crippen molar-refractivity contribution in [2.24, 2.45) is 0 Å². The van der Waals surface area contributed by atoms with Crippen molar-refractivity contribution in [3.05, 3.63) is 31.4 Å². The minimum atomic E-state index is 0. The van der Waals surface area contributed by atoms with Crippen molar-refractivity contribution >= 4 is 45.2 Å². The predicted molar refractivity (Wildman–Crippen MR) is 61.9 cm³/mol. The number of benzene rings is 1. The van der Waals surface area contributed by atoms with E-state index < -0.39 is 0 Å². The number of hydrogen-bond acceptors (Lipinski definition) is 0. The summed E-state index contributed by atoms with van der Waals surface area (Å²) in [5.74, 6) is 0. The number of rotatable bonds is 0. The summed E-state index contributed by atoms with van der Waals surface area (Å²) in [4.78, 5) is 0. The van der Waals surface area contributed by atoms with Crippen LogP contribution in [0, 0.1) is 7.14 Å². The van der Waals surface area contributed by atoms with E-state index in [0.29, 0.717) is 0 Å². The zero-order chi connectivity index (χ0) is 5.98. The Morgan fingerprint density at radius 3 is 0.917 bits per heavy atom. The van der Waals surface area contributed by atoms with Crippen LogP contribution in [0.15, 0.2) is 24.3 Å². The van der Waals surface area contributed by atoms with E-state index in [4.69, 9.17) is 0 Å². The fraction of sp³-hybridized carbons (Fsp3) is 0. The van der Waals surface area contributed by atoms with Crippen LogP contribution in [0.1, 0.15) is 0 Å². The highest BCUT2D eigenvalue weighted by molar-refractivity contribution is 14.1. The number of halogens is 6. The second-order valence-corrected chi connectivity index (χ2v) is 3.93. The Bertz CT molecular complexity index is 156. The highest BCUT2D eigenvalue weighted by atomic mass is 127. The van der Waals surface area contributed by atoms with Gasteiger partial charge < -0.3 is 0 Å². The Balaban J connectivity index is -0.0000000800. The average Bonchev–Trinajstić information content (AvgIpc) is 1.77. The third-order valence-corrected chi connectivity index (χ3v) is 2.24. The van der Waals surface area contributed by atoms with Crippen LogP contribution < -0.4 is 0 Å². The van der Waals surface area contributed by atoms with E-state index in [1.165, 1.54) is 7.14 Å². The van der Waals surface area contributed by atoms with E-state index in [1.807, 2.05) is 0 Å². The molecule has 0 aromatic heterocycles. The molecule has 0 bridgehead atoms. The summed E-state index contributed by atoms with van der Waals surface area (Å²) in [6.07, 6.45) is 0. The summed E-state index contributed by atoms with van der Waals surface area (Å²) < 4.78 is 2.59. The van der Waals surface area contributed by atoms with Crippen molar-refractivity contribution < 1.29 is 18.8 Å². The Labute approximate surface area is 94.9 Å². The molecule has 6 heteroatoms. The second-order valence-electron chi connectivity index (χ2n) is 1.44. The first-order chi connectivity index (χ1) is 3.79. The molecule has 74 valence electrons. The van der Waals surface area contributed by atoms with Crippen LogP contribution in [0.4, 0.5) is 18.8 Å². The second kappa shape index (κ2) is 11.4. The maximum atomic E-state index is 2.29. The van der Waals surface area contributed by atoms with E-state index in [-0.39, 0.29) is 18.8 Å². The first-order valence-corrected chi connectivity index (χ1v) is 4.36. The summed E-state index contributed by atoms with van der Waals surface area (Å²) in [5, 5.41) is 0. The molecule has 0 spiro atoms. The standard InChI is InChI=1S/C6H4I2.4FH/c7-5-1-2-6(8)4-3-5;;;;/h1-4H;4*1H. The molecular formula is C6H8F4I2. The van der Waals surface area contributed by atoms with Crippen LogP contribution in [0.5, 0.6) is 0 Å². The first kappa shape index (κ1) is 22.8. The van der Waals surface area contributed by atoms with E-state index in [1.54, 1.807) is 0 Å². The zero-order valence-corrected chi connectivity index (χ0v) is 10.0. The molecule has 0 amide bonds. The molecule has 0 unspecified atom stereocenters. The molecule has 1 rings (SSSR count). The molecule has 0 fully saturated rings. The van der Waals surface area contributed by atoms with E-state index >= 15 is 0 Å². The molecule has 0 saturated heterocycles. The lowest BCUT2D eigenvalue weighted by atomic mass is 10.4. The van der Waals surface area contributed by atoms with Crippen LogP contribution in [-0.2, 0) is 0 Å². The quantitative estimate of drug-likeness (QED) is 0.454.